The average molecular weight is 407 g/mol. The number of piperidine rings is 1. The van der Waals surface area contributed by atoms with Crippen LogP contribution in [0.4, 0.5) is 0 Å². The summed E-state index contributed by atoms with van der Waals surface area (Å²) in [5, 5.41) is 14.2. The van der Waals surface area contributed by atoms with E-state index in [-0.39, 0.29) is 24.1 Å². The molecule has 4 rings (SSSR count). The van der Waals surface area contributed by atoms with Gasteiger partial charge in [-0.05, 0) is 24.3 Å². The number of ether oxygens (including phenoxy) is 1. The Labute approximate surface area is 166 Å². The Morgan fingerprint density at radius 1 is 1.18 bits per heavy atom. The van der Waals surface area contributed by atoms with E-state index in [1.54, 1.807) is 7.05 Å². The summed E-state index contributed by atoms with van der Waals surface area (Å²) in [5.41, 5.74) is 0.0809. The number of nitrogens with zero attached hydrogens (tertiary/aromatic N) is 6. The Morgan fingerprint density at radius 3 is 2.50 bits per heavy atom. The summed E-state index contributed by atoms with van der Waals surface area (Å²) in [6.45, 7) is 4.08. The summed E-state index contributed by atoms with van der Waals surface area (Å²) in [7, 11) is 1.54. The van der Waals surface area contributed by atoms with Gasteiger partial charge in [0, 0.05) is 38.0 Å². The number of aryl methyl sites for hydroxylation is 1. The lowest BCUT2D eigenvalue weighted by molar-refractivity contribution is 0.129. The lowest BCUT2D eigenvalue weighted by atomic mass is 10.0. The van der Waals surface area contributed by atoms with E-state index in [0.717, 1.165) is 18.4 Å². The van der Waals surface area contributed by atoms with E-state index < -0.39 is 11.2 Å². The predicted octanol–water partition coefficient (Wildman–Crippen LogP) is 1.22. The van der Waals surface area contributed by atoms with E-state index in [2.05, 4.69) is 15.3 Å². The molecule has 0 spiro atoms. The van der Waals surface area contributed by atoms with Crippen LogP contribution >= 0.6 is 11.6 Å². The van der Waals surface area contributed by atoms with Gasteiger partial charge in [-0.1, -0.05) is 25.4 Å². The fraction of sp³-hybridized carbons (Fsp3) is 0.611. The largest absolute Gasteiger partial charge is 0.473 e. The maximum absolute atomic E-state index is 12.5. The lowest BCUT2D eigenvalue weighted by Gasteiger charge is -2.39. The summed E-state index contributed by atoms with van der Waals surface area (Å²) in [4.78, 5) is 24.8. The van der Waals surface area contributed by atoms with Crippen molar-refractivity contribution in [3.63, 3.8) is 0 Å². The number of hydrogen-bond donors (Lipinski definition) is 0. The van der Waals surface area contributed by atoms with Crippen molar-refractivity contribution in [2.45, 2.75) is 63.6 Å². The summed E-state index contributed by atoms with van der Waals surface area (Å²) >= 11 is 6.11. The van der Waals surface area contributed by atoms with Crippen molar-refractivity contribution in [1.29, 1.82) is 0 Å². The van der Waals surface area contributed by atoms with E-state index in [1.165, 1.54) is 15.6 Å². The molecule has 3 atom stereocenters. The zero-order valence-corrected chi connectivity index (χ0v) is 16.8. The number of aromatic nitrogens is 5. The summed E-state index contributed by atoms with van der Waals surface area (Å²) in [6, 6.07) is 1.96. The molecule has 2 fully saturated rings. The molecule has 0 N–H and O–H groups in total. The van der Waals surface area contributed by atoms with Gasteiger partial charge in [0.25, 0.3) is 5.56 Å². The highest BCUT2D eigenvalue weighted by Gasteiger charge is 2.43. The second-order valence-corrected chi connectivity index (χ2v) is 8.12. The minimum absolute atomic E-state index is 0.0503. The third kappa shape index (κ3) is 3.28. The molecule has 28 heavy (non-hydrogen) atoms. The first-order chi connectivity index (χ1) is 13.3. The topological polar surface area (TPSA) is 95.1 Å². The third-order valence-corrected chi connectivity index (χ3v) is 5.85. The molecule has 2 aliphatic rings. The Balaban J connectivity index is 1.55. The summed E-state index contributed by atoms with van der Waals surface area (Å²) < 4.78 is 8.52. The minimum Gasteiger partial charge on any atom is -0.473 e. The molecule has 0 saturated carbocycles. The Hall–Kier alpha value is -2.42. The Morgan fingerprint density at radius 2 is 1.86 bits per heavy atom. The van der Waals surface area contributed by atoms with Crippen LogP contribution < -0.4 is 21.0 Å². The van der Waals surface area contributed by atoms with Crippen LogP contribution in [0.1, 0.15) is 51.0 Å². The third-order valence-electron chi connectivity index (χ3n) is 5.55. The van der Waals surface area contributed by atoms with Crippen LogP contribution in [0.5, 0.6) is 5.88 Å². The van der Waals surface area contributed by atoms with Gasteiger partial charge in [0.2, 0.25) is 5.88 Å². The fourth-order valence-corrected chi connectivity index (χ4v) is 4.53. The lowest BCUT2D eigenvalue weighted by Crippen LogP contribution is -2.60. The van der Waals surface area contributed by atoms with Gasteiger partial charge in [-0.2, -0.15) is 9.77 Å². The van der Waals surface area contributed by atoms with Crippen molar-refractivity contribution < 1.29 is 4.74 Å². The molecule has 9 nitrogen and oxygen atoms in total. The zero-order valence-electron chi connectivity index (χ0n) is 16.1. The van der Waals surface area contributed by atoms with Gasteiger partial charge >= 0.3 is 5.69 Å². The van der Waals surface area contributed by atoms with Crippen molar-refractivity contribution >= 4 is 11.6 Å². The van der Waals surface area contributed by atoms with E-state index in [1.807, 2.05) is 24.9 Å². The molecule has 10 heteroatoms. The number of fused-ring (bicyclic) bond motifs is 2. The van der Waals surface area contributed by atoms with Crippen LogP contribution in [-0.4, -0.2) is 42.8 Å². The Kier molecular flexibility index (Phi) is 4.86. The molecule has 0 aliphatic carbocycles. The number of rotatable bonds is 4. The predicted molar refractivity (Wildman–Crippen MR) is 104 cm³/mol. The van der Waals surface area contributed by atoms with E-state index in [0.29, 0.717) is 23.9 Å². The van der Waals surface area contributed by atoms with Crippen molar-refractivity contribution in [3.8, 4) is 5.88 Å². The van der Waals surface area contributed by atoms with Crippen molar-refractivity contribution in [2.75, 3.05) is 5.01 Å². The highest BCUT2D eigenvalue weighted by atomic mass is 35.5. The monoisotopic (exact) mass is 406 g/mol. The van der Waals surface area contributed by atoms with Gasteiger partial charge in [-0.15, -0.1) is 10.2 Å². The molecule has 2 aromatic rings. The molecular formula is C18H23ClN6O3. The van der Waals surface area contributed by atoms with Crippen molar-refractivity contribution in [3.05, 3.63) is 43.8 Å². The first-order valence-corrected chi connectivity index (χ1v) is 9.86. The first-order valence-electron chi connectivity index (χ1n) is 9.49. The SMILES string of the molecule is CC(C)c1cc(OC2C[C@H]3CC[C@@H](C2)N3n2c(=O)cnn(C)c2=O)nnc1Cl. The Bertz CT molecular complexity index is 990. The molecular weight excluding hydrogens is 384 g/mol. The minimum atomic E-state index is -0.422. The number of hydrogen-bond acceptors (Lipinski definition) is 7. The standard InChI is InChI=1S/C18H23ClN6O3/c1-10(2)14-8-15(21-22-17(14)19)28-13-6-11-4-5-12(7-13)24(11)25-16(26)9-20-23(3)18(25)27/h8-13H,4-7H2,1-3H3/t11-,12+,13?. The van der Waals surface area contributed by atoms with Crippen LogP contribution in [0.25, 0.3) is 0 Å². The highest BCUT2D eigenvalue weighted by molar-refractivity contribution is 6.30. The number of halogens is 1. The second kappa shape index (κ2) is 7.20. The smallest absolute Gasteiger partial charge is 0.366 e. The van der Waals surface area contributed by atoms with Crippen LogP contribution in [0.2, 0.25) is 5.15 Å². The molecule has 150 valence electrons. The second-order valence-electron chi connectivity index (χ2n) is 7.76. The van der Waals surface area contributed by atoms with Crippen molar-refractivity contribution in [1.82, 2.24) is 24.7 Å². The van der Waals surface area contributed by atoms with Gasteiger partial charge < -0.3 is 4.74 Å². The normalized spacial score (nSPS) is 24.0. The van der Waals surface area contributed by atoms with Crippen LogP contribution in [0.15, 0.2) is 21.9 Å². The molecule has 0 radical (unpaired) electrons. The van der Waals surface area contributed by atoms with Crippen LogP contribution in [0, 0.1) is 0 Å². The maximum Gasteiger partial charge on any atom is 0.366 e. The van der Waals surface area contributed by atoms with Gasteiger partial charge in [0.15, 0.2) is 5.15 Å². The maximum atomic E-state index is 12.5. The first kappa shape index (κ1) is 18.9. The van der Waals surface area contributed by atoms with Crippen molar-refractivity contribution in [2.24, 2.45) is 7.05 Å². The van der Waals surface area contributed by atoms with E-state index in [4.69, 9.17) is 16.3 Å². The van der Waals surface area contributed by atoms with Crippen LogP contribution in [-0.2, 0) is 7.05 Å². The molecule has 4 heterocycles. The molecule has 0 amide bonds. The van der Waals surface area contributed by atoms with Crippen LogP contribution in [0.3, 0.4) is 0 Å². The van der Waals surface area contributed by atoms with E-state index in [9.17, 15) is 9.59 Å². The van der Waals surface area contributed by atoms with Gasteiger partial charge in [-0.25, -0.2) is 9.48 Å². The summed E-state index contributed by atoms with van der Waals surface area (Å²) in [6.07, 6.45) is 4.36. The molecule has 2 aliphatic heterocycles. The molecule has 1 unspecified atom stereocenters. The van der Waals surface area contributed by atoms with Gasteiger partial charge in [-0.3, -0.25) is 9.80 Å². The van der Waals surface area contributed by atoms with Gasteiger partial charge in [0.05, 0.1) is 0 Å². The molecule has 2 saturated heterocycles. The van der Waals surface area contributed by atoms with Gasteiger partial charge in [0.1, 0.15) is 12.3 Å². The summed E-state index contributed by atoms with van der Waals surface area (Å²) in [5.74, 6) is 0.682. The quantitative estimate of drug-likeness (QED) is 0.753. The highest BCUT2D eigenvalue weighted by Crippen LogP contribution is 2.35. The zero-order chi connectivity index (χ0) is 20.0. The van der Waals surface area contributed by atoms with E-state index >= 15 is 0 Å². The molecule has 0 aromatic carbocycles. The fourth-order valence-electron chi connectivity index (χ4n) is 4.21. The molecule has 2 bridgehead atoms. The molecule has 2 aromatic heterocycles. The average Bonchev–Trinajstić information content (AvgIpc) is 2.90.